The highest BCUT2D eigenvalue weighted by Crippen LogP contribution is 2.24. The first-order chi connectivity index (χ1) is 6.99. The van der Waals surface area contributed by atoms with Crippen LogP contribution in [0, 0.1) is 23.3 Å². The van der Waals surface area contributed by atoms with Crippen LogP contribution in [-0.2, 0) is 4.84 Å². The summed E-state index contributed by atoms with van der Waals surface area (Å²) in [6.07, 6.45) is 0. The first-order valence-electron chi connectivity index (χ1n) is 4.13. The van der Waals surface area contributed by atoms with Crippen LogP contribution in [0.25, 0.3) is 0 Å². The molecule has 0 heterocycles. The van der Waals surface area contributed by atoms with E-state index in [0.717, 1.165) is 0 Å². The lowest BCUT2D eigenvalue weighted by Gasteiger charge is -2.12. The molecule has 0 saturated carbocycles. The van der Waals surface area contributed by atoms with Gasteiger partial charge in [-0.1, -0.05) is 6.92 Å². The van der Waals surface area contributed by atoms with E-state index >= 15 is 0 Å². The van der Waals surface area contributed by atoms with Crippen molar-refractivity contribution < 1.29 is 22.4 Å². The molecule has 0 aliphatic rings. The molecule has 0 aromatic heterocycles. The lowest BCUT2D eigenvalue weighted by atomic mass is 10.0. The molecule has 15 heavy (non-hydrogen) atoms. The normalized spacial score (nSPS) is 12.9. The molecule has 0 fully saturated rings. The van der Waals surface area contributed by atoms with Crippen LogP contribution in [0.4, 0.5) is 17.6 Å². The Hall–Kier alpha value is -1.14. The highest BCUT2D eigenvalue weighted by molar-refractivity contribution is 5.24. The summed E-state index contributed by atoms with van der Waals surface area (Å²) in [5.74, 6) is -2.43. The quantitative estimate of drug-likeness (QED) is 0.369. The Balaban J connectivity index is 3.19. The van der Waals surface area contributed by atoms with E-state index in [0.29, 0.717) is 6.07 Å². The topological polar surface area (TPSA) is 35.2 Å². The molecule has 2 nitrogen and oxygen atoms in total. The second-order valence-corrected chi connectivity index (χ2v) is 3.12. The van der Waals surface area contributed by atoms with Gasteiger partial charge in [-0.15, -0.1) is 0 Å². The Kier molecular flexibility index (Phi) is 3.65. The van der Waals surface area contributed by atoms with Gasteiger partial charge in [-0.25, -0.2) is 23.5 Å². The van der Waals surface area contributed by atoms with Gasteiger partial charge in [0.15, 0.2) is 23.3 Å². The van der Waals surface area contributed by atoms with E-state index in [1.165, 1.54) is 6.92 Å². The molecule has 0 aliphatic heterocycles. The summed E-state index contributed by atoms with van der Waals surface area (Å²) < 4.78 is 51.3. The third kappa shape index (κ3) is 2.27. The molecule has 0 bridgehead atoms. The molecule has 2 N–H and O–H groups in total. The van der Waals surface area contributed by atoms with Crippen LogP contribution in [-0.4, -0.2) is 6.61 Å². The van der Waals surface area contributed by atoms with Gasteiger partial charge in [0, 0.05) is 5.92 Å². The van der Waals surface area contributed by atoms with Crippen molar-refractivity contribution in [3.05, 3.63) is 34.9 Å². The van der Waals surface area contributed by atoms with Gasteiger partial charge in [-0.3, -0.25) is 0 Å². The summed E-state index contributed by atoms with van der Waals surface area (Å²) in [6, 6.07) is 0.595. The minimum absolute atomic E-state index is 0.124. The Bertz CT molecular complexity index is 370. The Morgan fingerprint density at radius 2 is 1.80 bits per heavy atom. The maximum absolute atomic E-state index is 13.1. The second kappa shape index (κ2) is 4.59. The van der Waals surface area contributed by atoms with Gasteiger partial charge < -0.3 is 4.84 Å². The van der Waals surface area contributed by atoms with Gasteiger partial charge in [0.25, 0.3) is 0 Å². The van der Waals surface area contributed by atoms with Crippen LogP contribution >= 0.6 is 0 Å². The van der Waals surface area contributed by atoms with Crippen molar-refractivity contribution >= 4 is 0 Å². The molecule has 0 saturated heterocycles. The first kappa shape index (κ1) is 11.9. The average molecular weight is 223 g/mol. The minimum atomic E-state index is -1.83. The van der Waals surface area contributed by atoms with Gasteiger partial charge in [0.1, 0.15) is 0 Å². The van der Waals surface area contributed by atoms with Crippen molar-refractivity contribution in [1.29, 1.82) is 0 Å². The maximum Gasteiger partial charge on any atom is 0.197 e. The van der Waals surface area contributed by atoms with Gasteiger partial charge >= 0.3 is 0 Å². The van der Waals surface area contributed by atoms with Crippen molar-refractivity contribution in [3.63, 3.8) is 0 Å². The maximum atomic E-state index is 13.1. The number of nitrogens with two attached hydrogens (primary N) is 1. The molecule has 0 radical (unpaired) electrons. The molecule has 1 unspecified atom stereocenters. The van der Waals surface area contributed by atoms with Gasteiger partial charge in [0.2, 0.25) is 0 Å². The standard InChI is InChI=1S/C9H9F4NO/c1-4(3-15-14)5-2-6(10)8(12)9(13)7(5)11/h2,4H,3,14H2,1H3. The summed E-state index contributed by atoms with van der Waals surface area (Å²) >= 11 is 0. The van der Waals surface area contributed by atoms with Gasteiger partial charge in [0.05, 0.1) is 6.61 Å². The Labute approximate surface area is 83.6 Å². The SMILES string of the molecule is CC(CON)c1cc(F)c(F)c(F)c1F. The highest BCUT2D eigenvalue weighted by atomic mass is 19.2. The third-order valence-electron chi connectivity index (χ3n) is 2.01. The zero-order valence-corrected chi connectivity index (χ0v) is 7.86. The summed E-state index contributed by atoms with van der Waals surface area (Å²) in [6.45, 7) is 1.32. The van der Waals surface area contributed by atoms with E-state index < -0.39 is 29.2 Å². The van der Waals surface area contributed by atoms with E-state index in [4.69, 9.17) is 5.90 Å². The fourth-order valence-electron chi connectivity index (χ4n) is 1.18. The van der Waals surface area contributed by atoms with E-state index in [1.54, 1.807) is 0 Å². The molecule has 0 aliphatic carbocycles. The van der Waals surface area contributed by atoms with E-state index in [1.807, 2.05) is 0 Å². The van der Waals surface area contributed by atoms with Crippen LogP contribution in [0.5, 0.6) is 0 Å². The van der Waals surface area contributed by atoms with Crippen molar-refractivity contribution in [3.8, 4) is 0 Å². The summed E-state index contributed by atoms with van der Waals surface area (Å²) in [7, 11) is 0. The number of benzene rings is 1. The molecule has 1 aromatic rings. The number of hydrogen-bond acceptors (Lipinski definition) is 2. The van der Waals surface area contributed by atoms with Crippen LogP contribution in [0.15, 0.2) is 6.07 Å². The number of rotatable bonds is 3. The lowest BCUT2D eigenvalue weighted by molar-refractivity contribution is 0.125. The zero-order valence-electron chi connectivity index (χ0n) is 7.86. The van der Waals surface area contributed by atoms with Crippen molar-refractivity contribution in [2.24, 2.45) is 5.90 Å². The monoisotopic (exact) mass is 223 g/mol. The molecule has 1 rings (SSSR count). The van der Waals surface area contributed by atoms with Gasteiger partial charge in [-0.05, 0) is 11.6 Å². The molecule has 84 valence electrons. The number of halogens is 4. The van der Waals surface area contributed by atoms with Crippen LogP contribution < -0.4 is 5.90 Å². The molecular formula is C9H9F4NO. The fourth-order valence-corrected chi connectivity index (χ4v) is 1.18. The van der Waals surface area contributed by atoms with Crippen molar-refractivity contribution in [2.45, 2.75) is 12.8 Å². The molecule has 0 spiro atoms. The molecule has 6 heteroatoms. The predicted octanol–water partition coefficient (Wildman–Crippen LogP) is 2.24. The van der Waals surface area contributed by atoms with Crippen LogP contribution in [0.1, 0.15) is 18.4 Å². The van der Waals surface area contributed by atoms with E-state index in [2.05, 4.69) is 4.84 Å². The first-order valence-corrected chi connectivity index (χ1v) is 4.13. The zero-order chi connectivity index (χ0) is 11.6. The lowest BCUT2D eigenvalue weighted by Crippen LogP contribution is -2.12. The summed E-state index contributed by atoms with van der Waals surface area (Å²) in [4.78, 5) is 4.22. The summed E-state index contributed by atoms with van der Waals surface area (Å²) in [5, 5.41) is 0. The molecule has 1 atom stereocenters. The Morgan fingerprint density at radius 3 is 2.33 bits per heavy atom. The van der Waals surface area contributed by atoms with Gasteiger partial charge in [-0.2, -0.15) is 0 Å². The van der Waals surface area contributed by atoms with E-state index in [9.17, 15) is 17.6 Å². The predicted molar refractivity (Wildman–Crippen MR) is 44.8 cm³/mol. The fraction of sp³-hybridized carbons (Fsp3) is 0.333. The van der Waals surface area contributed by atoms with Crippen LogP contribution in [0.3, 0.4) is 0 Å². The molecule has 0 amide bonds. The third-order valence-corrected chi connectivity index (χ3v) is 2.01. The van der Waals surface area contributed by atoms with Crippen molar-refractivity contribution in [2.75, 3.05) is 6.61 Å². The summed E-state index contributed by atoms with van der Waals surface area (Å²) in [5.41, 5.74) is -0.308. The number of hydrogen-bond donors (Lipinski definition) is 1. The minimum Gasteiger partial charge on any atom is -0.304 e. The Morgan fingerprint density at radius 1 is 1.20 bits per heavy atom. The van der Waals surface area contributed by atoms with Crippen molar-refractivity contribution in [1.82, 2.24) is 0 Å². The highest BCUT2D eigenvalue weighted by Gasteiger charge is 2.21. The van der Waals surface area contributed by atoms with Crippen LogP contribution in [0.2, 0.25) is 0 Å². The molecule has 1 aromatic carbocycles. The smallest absolute Gasteiger partial charge is 0.197 e. The largest absolute Gasteiger partial charge is 0.304 e. The average Bonchev–Trinajstić information content (AvgIpc) is 2.20. The van der Waals surface area contributed by atoms with E-state index in [-0.39, 0.29) is 12.2 Å². The second-order valence-electron chi connectivity index (χ2n) is 3.12. The molecular weight excluding hydrogens is 214 g/mol.